The van der Waals surface area contributed by atoms with Crippen molar-refractivity contribution in [2.75, 3.05) is 13.7 Å². The average molecular weight is 817 g/mol. The summed E-state index contributed by atoms with van der Waals surface area (Å²) in [4.78, 5) is 26.8. The van der Waals surface area contributed by atoms with Crippen molar-refractivity contribution in [1.82, 2.24) is 0 Å². The van der Waals surface area contributed by atoms with Crippen molar-refractivity contribution in [1.29, 1.82) is 0 Å². The molecule has 10 atom stereocenters. The maximum absolute atomic E-state index is 13.5. The second-order valence-electron chi connectivity index (χ2n) is 20.5. The summed E-state index contributed by atoms with van der Waals surface area (Å²) >= 11 is 0. The van der Waals surface area contributed by atoms with Gasteiger partial charge in [0.2, 0.25) is 0 Å². The van der Waals surface area contributed by atoms with E-state index in [1.807, 2.05) is 13.0 Å². The molecule has 3 aliphatic heterocycles. The Hall–Kier alpha value is -1.87. The van der Waals surface area contributed by atoms with Crippen LogP contribution in [0, 0.1) is 23.7 Å². The van der Waals surface area contributed by atoms with Gasteiger partial charge in [0.1, 0.15) is 12.0 Å². The maximum Gasteiger partial charge on any atom is 0.337 e. The lowest BCUT2D eigenvalue weighted by molar-refractivity contribution is -0.338. The Morgan fingerprint density at radius 3 is 2.41 bits per heavy atom. The molecule has 0 aromatic rings. The summed E-state index contributed by atoms with van der Waals surface area (Å²) in [5, 5.41) is 12.3. The first-order chi connectivity index (χ1) is 25.8. The lowest BCUT2D eigenvalue weighted by Gasteiger charge is -2.52. The Morgan fingerprint density at radius 2 is 1.80 bits per heavy atom. The Morgan fingerprint density at radius 1 is 1.12 bits per heavy atom. The SMILES string of the molecule is CO[C@@H]1C(C)=C[C@H](C(=O)OCC[Si](C)(C)C)[C@]2(O)/C(=C/C=C\[C@H](C)C/C(C)=C/C[C@@H]3C[C@H](O[Si](C)(C)C(C)(C)C)C[C@]4(CC[C@H](C)[C@@H](C(C)C)O4)O3)C(=O)O[C@H]12. The standard InChI is InChI=1S/C45H76O9Si2/c1-29(2)38-32(5)21-22-44(53-38)28-35(54-56(14,15)43(7,8)9)27-34(52-44)20-19-31(4)25-30(3)17-16-18-36-42(47)51-40-39(49-10)33(6)26-37(45(36,40)48)41(46)50-23-24-55(11,12)13/h16-19,26,29-30,32,34-35,37-40,48H,20-25,27-28H2,1-15H3/b17-16-,31-19+,36-18+/t30-,32-,34+,35-,37+,38+,39+,40+,44+,45+/m0/s1. The van der Waals surface area contributed by atoms with E-state index in [2.05, 4.69) is 94.2 Å². The monoisotopic (exact) mass is 817 g/mol. The van der Waals surface area contributed by atoms with E-state index in [4.69, 9.17) is 28.1 Å². The molecule has 4 aliphatic rings. The van der Waals surface area contributed by atoms with Gasteiger partial charge in [-0.15, -0.1) is 0 Å². The Labute approximate surface area is 341 Å². The zero-order valence-corrected chi connectivity index (χ0v) is 39.5. The summed E-state index contributed by atoms with van der Waals surface area (Å²) in [5.41, 5.74) is 0.0698. The predicted molar refractivity (Wildman–Crippen MR) is 228 cm³/mol. The van der Waals surface area contributed by atoms with Gasteiger partial charge in [0.05, 0.1) is 30.5 Å². The predicted octanol–water partition coefficient (Wildman–Crippen LogP) is 9.70. The third-order valence-corrected chi connectivity index (χ3v) is 19.1. The van der Waals surface area contributed by atoms with E-state index in [0.717, 1.165) is 44.6 Å². The van der Waals surface area contributed by atoms with Crippen molar-refractivity contribution in [3.8, 4) is 0 Å². The quantitative estimate of drug-likeness (QED) is 0.0794. The van der Waals surface area contributed by atoms with Crippen LogP contribution in [0.1, 0.15) is 101 Å². The summed E-state index contributed by atoms with van der Waals surface area (Å²) in [6, 6.07) is 0.802. The lowest BCUT2D eigenvalue weighted by Crippen LogP contribution is -2.57. The first-order valence-corrected chi connectivity index (χ1v) is 27.8. The number of carbonyl (C=O) groups is 2. The fourth-order valence-corrected chi connectivity index (χ4v) is 10.7. The highest BCUT2D eigenvalue weighted by molar-refractivity contribution is 6.76. The van der Waals surface area contributed by atoms with Crippen LogP contribution in [0.2, 0.25) is 43.8 Å². The van der Waals surface area contributed by atoms with Crippen LogP contribution in [-0.4, -0.2) is 89.1 Å². The minimum absolute atomic E-state index is 0.00776. The molecule has 11 heteroatoms. The van der Waals surface area contributed by atoms with E-state index < -0.39 is 57.8 Å². The molecule has 56 heavy (non-hydrogen) atoms. The Kier molecular flexibility index (Phi) is 15.2. The second kappa shape index (κ2) is 18.2. The van der Waals surface area contributed by atoms with Gasteiger partial charge in [-0.25, -0.2) is 4.79 Å². The van der Waals surface area contributed by atoms with E-state index in [9.17, 15) is 14.7 Å². The van der Waals surface area contributed by atoms with Gasteiger partial charge in [0, 0.05) is 28.0 Å². The molecule has 1 spiro atoms. The van der Waals surface area contributed by atoms with Crippen molar-refractivity contribution in [2.24, 2.45) is 23.7 Å². The Bertz CT molecular complexity index is 1520. The van der Waals surface area contributed by atoms with Crippen LogP contribution < -0.4 is 0 Å². The lowest BCUT2D eigenvalue weighted by atomic mass is 9.70. The number of fused-ring (bicyclic) bond motifs is 1. The minimum atomic E-state index is -2.01. The second-order valence-corrected chi connectivity index (χ2v) is 30.9. The highest BCUT2D eigenvalue weighted by atomic mass is 28.4. The van der Waals surface area contributed by atoms with Crippen LogP contribution in [0.25, 0.3) is 0 Å². The van der Waals surface area contributed by atoms with Gasteiger partial charge >= 0.3 is 11.9 Å². The number of methoxy groups -OCH3 is 1. The van der Waals surface area contributed by atoms with Crippen LogP contribution in [0.4, 0.5) is 0 Å². The minimum Gasteiger partial charge on any atom is -0.465 e. The summed E-state index contributed by atoms with van der Waals surface area (Å²) in [6.07, 6.45) is 13.0. The van der Waals surface area contributed by atoms with E-state index in [1.165, 1.54) is 12.7 Å². The van der Waals surface area contributed by atoms with Crippen LogP contribution in [0.15, 0.2) is 47.1 Å². The van der Waals surface area contributed by atoms with Crippen LogP contribution >= 0.6 is 0 Å². The van der Waals surface area contributed by atoms with Gasteiger partial charge in [-0.1, -0.05) is 98.0 Å². The summed E-state index contributed by atoms with van der Waals surface area (Å²) in [7, 11) is -1.95. The molecule has 0 amide bonds. The number of hydrogen-bond donors (Lipinski definition) is 1. The molecule has 9 nitrogen and oxygen atoms in total. The molecule has 0 radical (unpaired) electrons. The van der Waals surface area contributed by atoms with Crippen molar-refractivity contribution >= 4 is 28.3 Å². The summed E-state index contributed by atoms with van der Waals surface area (Å²) in [5.74, 6) is -1.90. The first kappa shape index (κ1) is 46.8. The van der Waals surface area contributed by atoms with Crippen molar-refractivity contribution in [2.45, 2.75) is 187 Å². The van der Waals surface area contributed by atoms with E-state index >= 15 is 0 Å². The molecule has 318 valence electrons. The fourth-order valence-electron chi connectivity index (χ4n) is 8.60. The average Bonchev–Trinajstić information content (AvgIpc) is 3.32. The molecule has 3 saturated heterocycles. The Balaban J connectivity index is 1.47. The molecule has 1 aliphatic carbocycles. The summed E-state index contributed by atoms with van der Waals surface area (Å²) in [6.45, 7) is 31.3. The smallest absolute Gasteiger partial charge is 0.337 e. The molecule has 1 N–H and O–H groups in total. The number of carbonyl (C=O) groups excluding carboxylic acids is 2. The third-order valence-electron chi connectivity index (χ3n) is 12.9. The first-order valence-electron chi connectivity index (χ1n) is 21.2. The number of aliphatic hydroxyl groups is 1. The van der Waals surface area contributed by atoms with Gasteiger partial charge in [0.15, 0.2) is 25.8 Å². The normalized spacial score (nSPS) is 34.6. The van der Waals surface area contributed by atoms with E-state index in [0.29, 0.717) is 17.4 Å². The van der Waals surface area contributed by atoms with Gasteiger partial charge in [-0.3, -0.25) is 4.79 Å². The van der Waals surface area contributed by atoms with Crippen LogP contribution in [0.5, 0.6) is 0 Å². The van der Waals surface area contributed by atoms with E-state index in [1.54, 1.807) is 18.2 Å². The number of rotatable bonds is 14. The number of ether oxygens (including phenoxy) is 5. The van der Waals surface area contributed by atoms with Crippen LogP contribution in [-0.2, 0) is 37.7 Å². The molecule has 3 heterocycles. The van der Waals surface area contributed by atoms with Gasteiger partial charge in [-0.05, 0) is 93.1 Å². The molecule has 0 saturated carbocycles. The zero-order chi connectivity index (χ0) is 42.0. The molecule has 0 aromatic heterocycles. The highest BCUT2D eigenvalue weighted by Gasteiger charge is 2.64. The number of allylic oxidation sites excluding steroid dienone is 4. The van der Waals surface area contributed by atoms with Gasteiger partial charge in [-0.2, -0.15) is 0 Å². The summed E-state index contributed by atoms with van der Waals surface area (Å²) < 4.78 is 38.0. The molecule has 4 rings (SSSR count). The fraction of sp³-hybridized carbons (Fsp3) is 0.778. The zero-order valence-electron chi connectivity index (χ0n) is 37.5. The molecule has 0 unspecified atom stereocenters. The highest BCUT2D eigenvalue weighted by Crippen LogP contribution is 2.48. The third kappa shape index (κ3) is 11.0. The molecule has 0 bridgehead atoms. The van der Waals surface area contributed by atoms with Crippen molar-refractivity contribution < 1.29 is 42.8 Å². The van der Waals surface area contributed by atoms with Crippen molar-refractivity contribution in [3.63, 3.8) is 0 Å². The van der Waals surface area contributed by atoms with Crippen molar-refractivity contribution in [3.05, 3.63) is 47.1 Å². The topological polar surface area (TPSA) is 110 Å². The molecule has 3 fully saturated rings. The molecular weight excluding hydrogens is 741 g/mol. The van der Waals surface area contributed by atoms with Gasteiger partial charge in [0.25, 0.3) is 0 Å². The van der Waals surface area contributed by atoms with Gasteiger partial charge < -0.3 is 33.2 Å². The number of hydrogen-bond acceptors (Lipinski definition) is 9. The maximum atomic E-state index is 13.5. The molecule has 0 aromatic carbocycles. The molecular formula is C45H76O9Si2. The largest absolute Gasteiger partial charge is 0.465 e. The number of esters is 2. The van der Waals surface area contributed by atoms with E-state index in [-0.39, 0.29) is 41.4 Å². The van der Waals surface area contributed by atoms with Crippen LogP contribution in [0.3, 0.4) is 0 Å².